The third kappa shape index (κ3) is 3.72. The van der Waals surface area contributed by atoms with E-state index in [-0.39, 0.29) is 18.1 Å². The van der Waals surface area contributed by atoms with Gasteiger partial charge < -0.3 is 15.4 Å². The molecule has 2 aromatic carbocycles. The molecule has 1 aliphatic heterocycles. The van der Waals surface area contributed by atoms with Crippen molar-refractivity contribution in [2.75, 3.05) is 13.1 Å². The zero-order valence-electron chi connectivity index (χ0n) is 20.3. The molecule has 7 rings (SSSR count). The highest BCUT2D eigenvalue weighted by Gasteiger charge is 2.50. The predicted octanol–water partition coefficient (Wildman–Crippen LogP) is 3.38. The van der Waals surface area contributed by atoms with Gasteiger partial charge in [0.1, 0.15) is 17.5 Å². The molecule has 1 unspecified atom stereocenters. The molecule has 3 aromatic heterocycles. The van der Waals surface area contributed by atoms with Crippen molar-refractivity contribution in [1.29, 1.82) is 0 Å². The number of para-hydroxylation sites is 1. The average Bonchev–Trinajstić information content (AvgIpc) is 3.26. The first kappa shape index (κ1) is 21.9. The number of nitrogens with two attached hydrogens (primary N) is 1. The Morgan fingerprint density at radius 2 is 2.03 bits per heavy atom. The lowest BCUT2D eigenvalue weighted by Crippen LogP contribution is -2.56. The number of hydrogen-bond acceptors (Lipinski definition) is 7. The molecule has 2 fully saturated rings. The number of aromatic nitrogens is 6. The molecule has 1 saturated heterocycles. The van der Waals surface area contributed by atoms with Crippen LogP contribution in [0.3, 0.4) is 0 Å². The Balaban J connectivity index is 1.11. The highest BCUT2D eigenvalue weighted by atomic mass is 16.5. The number of likely N-dealkylation sites (tertiary alicyclic amines) is 1. The summed E-state index contributed by atoms with van der Waals surface area (Å²) in [6, 6.07) is 12.0. The van der Waals surface area contributed by atoms with Crippen LogP contribution in [0.2, 0.25) is 0 Å². The summed E-state index contributed by atoms with van der Waals surface area (Å²) in [5, 5.41) is 13.2. The number of benzene rings is 2. The summed E-state index contributed by atoms with van der Waals surface area (Å²) in [5.74, 6) is 0.798. The molecule has 0 bridgehead atoms. The van der Waals surface area contributed by atoms with Crippen LogP contribution in [-0.4, -0.2) is 59.4 Å². The fraction of sp³-hybridized carbons (Fsp3) is 0.296. The second kappa shape index (κ2) is 8.10. The van der Waals surface area contributed by atoms with E-state index >= 15 is 0 Å². The first-order valence-corrected chi connectivity index (χ1v) is 12.5. The van der Waals surface area contributed by atoms with Crippen molar-refractivity contribution in [2.45, 2.75) is 37.5 Å². The van der Waals surface area contributed by atoms with Gasteiger partial charge in [-0.05, 0) is 44.0 Å². The van der Waals surface area contributed by atoms with Crippen LogP contribution >= 0.6 is 0 Å². The van der Waals surface area contributed by atoms with Crippen LogP contribution in [-0.2, 0) is 4.79 Å². The largest absolute Gasteiger partial charge is 0.486 e. The third-order valence-electron chi connectivity index (χ3n) is 7.43. The minimum absolute atomic E-state index is 0.0618. The van der Waals surface area contributed by atoms with Gasteiger partial charge in [-0.3, -0.25) is 24.5 Å². The molecule has 10 heteroatoms. The van der Waals surface area contributed by atoms with Crippen LogP contribution in [0.15, 0.2) is 61.2 Å². The average molecular weight is 495 g/mol. The number of H-pyrrole nitrogens is 1. The SMILES string of the molecule is CC(Oc1ccc2[nH]nc(-c3cnn(C4CN(C(=O)C5(N)CC5)C4)c3)c2c1)c1cccc2nccnc12. The van der Waals surface area contributed by atoms with Crippen LogP contribution < -0.4 is 10.5 Å². The number of hydrogen-bond donors (Lipinski definition) is 2. The summed E-state index contributed by atoms with van der Waals surface area (Å²) in [4.78, 5) is 23.2. The van der Waals surface area contributed by atoms with E-state index in [0.29, 0.717) is 13.1 Å². The number of rotatable bonds is 6. The van der Waals surface area contributed by atoms with Crippen LogP contribution in [0, 0.1) is 0 Å². The summed E-state index contributed by atoms with van der Waals surface area (Å²) < 4.78 is 8.25. The van der Waals surface area contributed by atoms with Gasteiger partial charge in [0.05, 0.1) is 34.3 Å². The first-order chi connectivity index (χ1) is 18.0. The first-order valence-electron chi connectivity index (χ1n) is 12.5. The molecule has 1 atom stereocenters. The fourth-order valence-corrected chi connectivity index (χ4v) is 5.01. The van der Waals surface area contributed by atoms with Gasteiger partial charge in [-0.25, -0.2) is 0 Å². The van der Waals surface area contributed by atoms with E-state index in [0.717, 1.165) is 57.3 Å². The Kier molecular flexibility index (Phi) is 4.80. The van der Waals surface area contributed by atoms with Crippen molar-refractivity contribution in [2.24, 2.45) is 5.73 Å². The standard InChI is InChI=1S/C27H26N8O2/c1-16(20-3-2-4-23-25(20)30-10-9-29-23)37-19-5-6-22-21(11-19)24(33-32-22)17-12-31-35(13-17)18-14-34(15-18)26(36)27(28)7-8-27/h2-6,9-13,16,18H,7-8,14-15,28H2,1H3,(H,32,33). The predicted molar refractivity (Wildman–Crippen MR) is 138 cm³/mol. The molecule has 1 saturated carbocycles. The van der Waals surface area contributed by atoms with Crippen LogP contribution in [0.5, 0.6) is 5.75 Å². The number of nitrogens with zero attached hydrogens (tertiary/aromatic N) is 6. The maximum absolute atomic E-state index is 12.4. The normalized spacial score (nSPS) is 17.6. The van der Waals surface area contributed by atoms with Crippen LogP contribution in [0.25, 0.3) is 33.2 Å². The Morgan fingerprint density at radius 3 is 2.86 bits per heavy atom. The molecule has 10 nitrogen and oxygen atoms in total. The summed E-state index contributed by atoms with van der Waals surface area (Å²) >= 11 is 0. The maximum atomic E-state index is 12.4. The molecule has 186 valence electrons. The van der Waals surface area contributed by atoms with E-state index < -0.39 is 5.54 Å². The summed E-state index contributed by atoms with van der Waals surface area (Å²) in [7, 11) is 0. The molecular formula is C27H26N8O2. The Hall–Kier alpha value is -4.31. The van der Waals surface area contributed by atoms with Gasteiger partial charge in [-0.2, -0.15) is 10.2 Å². The van der Waals surface area contributed by atoms with E-state index in [2.05, 4.69) is 25.3 Å². The zero-order chi connectivity index (χ0) is 25.1. The molecule has 37 heavy (non-hydrogen) atoms. The van der Waals surface area contributed by atoms with Crippen molar-refractivity contribution in [3.8, 4) is 17.0 Å². The van der Waals surface area contributed by atoms with Gasteiger partial charge in [0.25, 0.3) is 0 Å². The molecule has 3 N–H and O–H groups in total. The number of amides is 1. The molecule has 0 radical (unpaired) electrons. The number of nitrogens with one attached hydrogen (secondary N) is 1. The smallest absolute Gasteiger partial charge is 0.242 e. The van der Waals surface area contributed by atoms with E-state index in [1.54, 1.807) is 12.4 Å². The minimum atomic E-state index is -0.619. The lowest BCUT2D eigenvalue weighted by atomic mass is 10.1. The van der Waals surface area contributed by atoms with E-state index in [4.69, 9.17) is 10.5 Å². The number of aromatic amines is 1. The van der Waals surface area contributed by atoms with Crippen molar-refractivity contribution >= 4 is 27.8 Å². The van der Waals surface area contributed by atoms with Crippen molar-refractivity contribution in [3.05, 3.63) is 66.7 Å². The van der Waals surface area contributed by atoms with Gasteiger partial charge in [0.2, 0.25) is 5.91 Å². The molecule has 5 aromatic rings. The highest BCUT2D eigenvalue weighted by molar-refractivity contribution is 5.93. The second-order valence-electron chi connectivity index (χ2n) is 10.0. The van der Waals surface area contributed by atoms with Crippen molar-refractivity contribution in [3.63, 3.8) is 0 Å². The molecule has 0 spiro atoms. The summed E-state index contributed by atoms with van der Waals surface area (Å²) in [5.41, 5.74) is 10.7. The molecule has 1 aliphatic carbocycles. The Bertz CT molecular complexity index is 1640. The molecule has 1 amide bonds. The Labute approximate surface area is 212 Å². The second-order valence-corrected chi connectivity index (χ2v) is 10.0. The topological polar surface area (TPSA) is 128 Å². The van der Waals surface area contributed by atoms with Crippen LogP contribution in [0.1, 0.15) is 37.5 Å². The number of carbonyl (C=O) groups is 1. The van der Waals surface area contributed by atoms with Gasteiger partial charge >= 0.3 is 0 Å². The van der Waals surface area contributed by atoms with E-state index in [1.807, 2.05) is 65.3 Å². The molecule has 2 aliphatic rings. The highest BCUT2D eigenvalue weighted by Crippen LogP contribution is 2.37. The van der Waals surface area contributed by atoms with E-state index in [9.17, 15) is 4.79 Å². The quantitative estimate of drug-likeness (QED) is 0.370. The van der Waals surface area contributed by atoms with Gasteiger partial charge in [-0.15, -0.1) is 0 Å². The van der Waals surface area contributed by atoms with Gasteiger partial charge in [-0.1, -0.05) is 12.1 Å². The van der Waals surface area contributed by atoms with Crippen molar-refractivity contribution < 1.29 is 9.53 Å². The van der Waals surface area contributed by atoms with E-state index in [1.165, 1.54) is 0 Å². The molecular weight excluding hydrogens is 468 g/mol. The molecule has 4 heterocycles. The zero-order valence-corrected chi connectivity index (χ0v) is 20.3. The number of ether oxygens (including phenoxy) is 1. The summed E-state index contributed by atoms with van der Waals surface area (Å²) in [6.45, 7) is 3.28. The lowest BCUT2D eigenvalue weighted by molar-refractivity contribution is -0.139. The number of fused-ring (bicyclic) bond motifs is 2. The fourth-order valence-electron chi connectivity index (χ4n) is 5.01. The summed E-state index contributed by atoms with van der Waals surface area (Å²) in [6.07, 6.45) is 8.54. The van der Waals surface area contributed by atoms with Crippen molar-refractivity contribution in [1.82, 2.24) is 34.8 Å². The Morgan fingerprint density at radius 1 is 1.19 bits per heavy atom. The maximum Gasteiger partial charge on any atom is 0.242 e. The van der Waals surface area contributed by atoms with Gasteiger partial charge in [0, 0.05) is 48.2 Å². The minimum Gasteiger partial charge on any atom is -0.486 e. The monoisotopic (exact) mass is 494 g/mol. The third-order valence-corrected chi connectivity index (χ3v) is 7.43. The number of carbonyl (C=O) groups excluding carboxylic acids is 1. The lowest BCUT2D eigenvalue weighted by Gasteiger charge is -2.40. The van der Waals surface area contributed by atoms with Gasteiger partial charge in [0.15, 0.2) is 0 Å². The van der Waals surface area contributed by atoms with Crippen LogP contribution in [0.4, 0.5) is 0 Å².